The fourth-order valence-corrected chi connectivity index (χ4v) is 1.37. The van der Waals surface area contributed by atoms with Crippen molar-refractivity contribution in [1.29, 1.82) is 0 Å². The average molecular weight is 222 g/mol. The number of aromatic nitrogens is 3. The number of nitro groups is 1. The van der Waals surface area contributed by atoms with Gasteiger partial charge in [-0.2, -0.15) is 0 Å². The SMILES string of the molecule is Cn1cnnc1-c1cc(F)ccc1[N+](=O)[O-]. The first-order valence-electron chi connectivity index (χ1n) is 4.38. The highest BCUT2D eigenvalue weighted by molar-refractivity contribution is 5.67. The molecule has 0 aliphatic rings. The van der Waals surface area contributed by atoms with Gasteiger partial charge in [-0.25, -0.2) is 4.39 Å². The molecule has 2 aromatic rings. The van der Waals surface area contributed by atoms with Crippen LogP contribution in [0.25, 0.3) is 11.4 Å². The lowest BCUT2D eigenvalue weighted by atomic mass is 10.1. The van der Waals surface area contributed by atoms with Crippen LogP contribution in [0.15, 0.2) is 24.5 Å². The van der Waals surface area contributed by atoms with Crippen molar-refractivity contribution in [1.82, 2.24) is 14.8 Å². The Morgan fingerprint density at radius 2 is 2.25 bits per heavy atom. The lowest BCUT2D eigenvalue weighted by Gasteiger charge is -2.01. The van der Waals surface area contributed by atoms with Gasteiger partial charge in [-0.15, -0.1) is 10.2 Å². The van der Waals surface area contributed by atoms with Gasteiger partial charge in [0.25, 0.3) is 5.69 Å². The summed E-state index contributed by atoms with van der Waals surface area (Å²) in [5.41, 5.74) is -0.0810. The molecule has 0 N–H and O–H groups in total. The minimum atomic E-state index is -0.580. The van der Waals surface area contributed by atoms with Crippen LogP contribution in [0.4, 0.5) is 10.1 Å². The van der Waals surface area contributed by atoms with Crippen molar-refractivity contribution in [2.45, 2.75) is 0 Å². The molecule has 1 heterocycles. The maximum absolute atomic E-state index is 13.1. The molecule has 0 radical (unpaired) electrons. The summed E-state index contributed by atoms with van der Waals surface area (Å²) in [6.45, 7) is 0. The maximum Gasteiger partial charge on any atom is 0.280 e. The van der Waals surface area contributed by atoms with E-state index in [-0.39, 0.29) is 17.1 Å². The highest BCUT2D eigenvalue weighted by Gasteiger charge is 2.19. The lowest BCUT2D eigenvalue weighted by Crippen LogP contribution is -1.97. The summed E-state index contributed by atoms with van der Waals surface area (Å²) in [5, 5.41) is 18.1. The van der Waals surface area contributed by atoms with E-state index < -0.39 is 10.7 Å². The van der Waals surface area contributed by atoms with Crippen LogP contribution in [-0.2, 0) is 7.05 Å². The van der Waals surface area contributed by atoms with Crippen LogP contribution in [-0.4, -0.2) is 19.7 Å². The Morgan fingerprint density at radius 1 is 1.50 bits per heavy atom. The lowest BCUT2D eigenvalue weighted by molar-refractivity contribution is -0.384. The molecule has 2 rings (SSSR count). The molecule has 0 aliphatic heterocycles. The van der Waals surface area contributed by atoms with E-state index in [1.807, 2.05) is 0 Å². The Kier molecular flexibility index (Phi) is 2.35. The topological polar surface area (TPSA) is 73.8 Å². The van der Waals surface area contributed by atoms with Gasteiger partial charge in [0.05, 0.1) is 10.5 Å². The fourth-order valence-electron chi connectivity index (χ4n) is 1.37. The van der Waals surface area contributed by atoms with Crippen molar-refractivity contribution in [2.75, 3.05) is 0 Å². The molecular formula is C9H7FN4O2. The highest BCUT2D eigenvalue weighted by Crippen LogP contribution is 2.28. The van der Waals surface area contributed by atoms with Gasteiger partial charge in [0, 0.05) is 13.1 Å². The highest BCUT2D eigenvalue weighted by atomic mass is 19.1. The van der Waals surface area contributed by atoms with Gasteiger partial charge in [0.2, 0.25) is 0 Å². The molecule has 0 aliphatic carbocycles. The van der Waals surface area contributed by atoms with E-state index in [4.69, 9.17) is 0 Å². The van der Waals surface area contributed by atoms with E-state index >= 15 is 0 Å². The maximum atomic E-state index is 13.1. The smallest absolute Gasteiger partial charge is 0.280 e. The van der Waals surface area contributed by atoms with Gasteiger partial charge < -0.3 is 4.57 Å². The fraction of sp³-hybridized carbons (Fsp3) is 0.111. The molecule has 1 aromatic heterocycles. The van der Waals surface area contributed by atoms with Gasteiger partial charge in [-0.05, 0) is 12.1 Å². The Hall–Kier alpha value is -2.31. The molecule has 82 valence electrons. The molecule has 7 heteroatoms. The number of hydrogen-bond acceptors (Lipinski definition) is 4. The van der Waals surface area contributed by atoms with E-state index in [2.05, 4.69) is 10.2 Å². The molecule has 6 nitrogen and oxygen atoms in total. The summed E-state index contributed by atoms with van der Waals surface area (Å²) >= 11 is 0. The summed E-state index contributed by atoms with van der Waals surface area (Å²) in [5.74, 6) is -0.296. The van der Waals surface area contributed by atoms with Crippen LogP contribution in [0.3, 0.4) is 0 Å². The van der Waals surface area contributed by atoms with Crippen molar-refractivity contribution >= 4 is 5.69 Å². The van der Waals surface area contributed by atoms with Crippen LogP contribution in [0.5, 0.6) is 0 Å². The molecule has 1 aromatic carbocycles. The van der Waals surface area contributed by atoms with Gasteiger partial charge in [-0.1, -0.05) is 0 Å². The molecule has 0 atom stereocenters. The predicted octanol–water partition coefficient (Wildman–Crippen LogP) is 1.53. The van der Waals surface area contributed by atoms with Gasteiger partial charge >= 0.3 is 0 Å². The van der Waals surface area contributed by atoms with Crippen LogP contribution >= 0.6 is 0 Å². The Morgan fingerprint density at radius 3 is 2.81 bits per heavy atom. The van der Waals surface area contributed by atoms with Crippen molar-refractivity contribution < 1.29 is 9.31 Å². The zero-order valence-corrected chi connectivity index (χ0v) is 8.29. The van der Waals surface area contributed by atoms with Crippen molar-refractivity contribution in [2.24, 2.45) is 7.05 Å². The standard InChI is InChI=1S/C9H7FN4O2/c1-13-5-11-12-9(13)7-4-6(10)2-3-8(7)14(15)16/h2-5H,1H3. The Bertz CT molecular complexity index is 552. The molecule has 0 amide bonds. The molecule has 16 heavy (non-hydrogen) atoms. The second-order valence-electron chi connectivity index (χ2n) is 3.18. The second kappa shape index (κ2) is 3.69. The van der Waals surface area contributed by atoms with Crippen molar-refractivity contribution in [3.63, 3.8) is 0 Å². The van der Waals surface area contributed by atoms with Crippen LogP contribution in [0.2, 0.25) is 0 Å². The van der Waals surface area contributed by atoms with E-state index in [1.165, 1.54) is 10.9 Å². The number of halogens is 1. The van der Waals surface area contributed by atoms with Crippen LogP contribution in [0, 0.1) is 15.9 Å². The molecule has 0 unspecified atom stereocenters. The zero-order valence-electron chi connectivity index (χ0n) is 8.29. The predicted molar refractivity (Wildman–Crippen MR) is 53.1 cm³/mol. The van der Waals surface area contributed by atoms with Gasteiger partial charge in [0.1, 0.15) is 12.1 Å². The summed E-state index contributed by atoms with van der Waals surface area (Å²) in [7, 11) is 1.63. The number of aryl methyl sites for hydroxylation is 1. The van der Waals surface area contributed by atoms with Gasteiger partial charge in [-0.3, -0.25) is 10.1 Å². The van der Waals surface area contributed by atoms with Crippen molar-refractivity contribution in [3.8, 4) is 11.4 Å². The van der Waals surface area contributed by atoms with Crippen LogP contribution in [0.1, 0.15) is 0 Å². The first-order chi connectivity index (χ1) is 7.59. The van der Waals surface area contributed by atoms with Crippen molar-refractivity contribution in [3.05, 3.63) is 40.5 Å². The largest absolute Gasteiger partial charge is 0.317 e. The van der Waals surface area contributed by atoms with E-state index in [1.54, 1.807) is 7.05 Å². The zero-order chi connectivity index (χ0) is 11.7. The molecule has 0 spiro atoms. The first kappa shape index (κ1) is 10.2. The molecule has 0 fully saturated rings. The average Bonchev–Trinajstić information content (AvgIpc) is 2.63. The summed E-state index contributed by atoms with van der Waals surface area (Å²) < 4.78 is 14.5. The van der Waals surface area contributed by atoms with Crippen LogP contribution < -0.4 is 0 Å². The molecule has 0 bridgehead atoms. The van der Waals surface area contributed by atoms with Gasteiger partial charge in [0.15, 0.2) is 5.82 Å². The third kappa shape index (κ3) is 1.62. The quantitative estimate of drug-likeness (QED) is 0.570. The minimum Gasteiger partial charge on any atom is -0.317 e. The number of rotatable bonds is 2. The monoisotopic (exact) mass is 222 g/mol. The number of benzene rings is 1. The Labute approximate surface area is 89.5 Å². The number of nitrogens with zero attached hydrogens (tertiary/aromatic N) is 4. The normalized spacial score (nSPS) is 10.4. The summed E-state index contributed by atoms with van der Waals surface area (Å²) in [4.78, 5) is 10.2. The first-order valence-corrected chi connectivity index (χ1v) is 4.38. The molecule has 0 saturated carbocycles. The third-order valence-corrected chi connectivity index (χ3v) is 2.11. The summed E-state index contributed by atoms with van der Waals surface area (Å²) in [6, 6.07) is 3.22. The number of hydrogen-bond donors (Lipinski definition) is 0. The third-order valence-electron chi connectivity index (χ3n) is 2.11. The van der Waals surface area contributed by atoms with E-state index in [9.17, 15) is 14.5 Å². The molecular weight excluding hydrogens is 215 g/mol. The Balaban J connectivity index is 2.67. The minimum absolute atomic E-state index is 0.116. The summed E-state index contributed by atoms with van der Waals surface area (Å²) in [6.07, 6.45) is 1.39. The second-order valence-corrected chi connectivity index (χ2v) is 3.18. The number of nitro benzene ring substituents is 1. The van der Waals surface area contributed by atoms with E-state index in [0.29, 0.717) is 0 Å². The molecule has 0 saturated heterocycles. The van der Waals surface area contributed by atoms with E-state index in [0.717, 1.165) is 18.2 Å².